The maximum absolute atomic E-state index is 13.4. The molecule has 1 aliphatic rings. The van der Waals surface area contributed by atoms with Gasteiger partial charge < -0.3 is 0 Å². The van der Waals surface area contributed by atoms with Crippen LogP contribution in [0.2, 0.25) is 0 Å². The molecule has 0 unspecified atom stereocenters. The zero-order valence-electron chi connectivity index (χ0n) is 15.6. The van der Waals surface area contributed by atoms with E-state index in [1.807, 2.05) is 37.3 Å². The lowest BCUT2D eigenvalue weighted by molar-refractivity contribution is 0.0642. The summed E-state index contributed by atoms with van der Waals surface area (Å²) in [5, 5.41) is 0. The third-order valence-corrected chi connectivity index (χ3v) is 5.47. The Balaban J connectivity index is 1.78. The molecule has 3 heteroatoms. The Morgan fingerprint density at radius 2 is 1.29 bits per heavy atom. The summed E-state index contributed by atoms with van der Waals surface area (Å²) in [6, 6.07) is 23.5. The highest BCUT2D eigenvalue weighted by molar-refractivity contribution is 6.31. The normalized spacial score (nSPS) is 14.8. The maximum Gasteiger partial charge on any atom is 0.178 e. The summed E-state index contributed by atoms with van der Waals surface area (Å²) < 4.78 is 0. The Hall–Kier alpha value is -3.33. The van der Waals surface area contributed by atoms with E-state index in [1.54, 1.807) is 48.5 Å². The van der Waals surface area contributed by atoms with Crippen molar-refractivity contribution in [3.05, 3.63) is 107 Å². The smallest absolute Gasteiger partial charge is 0.178 e. The van der Waals surface area contributed by atoms with Crippen molar-refractivity contribution < 1.29 is 14.4 Å². The minimum atomic E-state index is -1.38. The number of Topliss-reactive ketones (excluding diaryl/α,β-unsaturated/α-hetero) is 3. The lowest BCUT2D eigenvalue weighted by atomic mass is 9.72. The van der Waals surface area contributed by atoms with Crippen LogP contribution in [0.4, 0.5) is 0 Å². The monoisotopic (exact) mass is 368 g/mol. The van der Waals surface area contributed by atoms with Crippen LogP contribution in [0.25, 0.3) is 0 Å². The fourth-order valence-electron chi connectivity index (χ4n) is 3.94. The van der Waals surface area contributed by atoms with E-state index in [4.69, 9.17) is 0 Å². The highest BCUT2D eigenvalue weighted by Crippen LogP contribution is 2.43. The van der Waals surface area contributed by atoms with Crippen molar-refractivity contribution >= 4 is 17.3 Å². The molecule has 28 heavy (non-hydrogen) atoms. The number of aryl methyl sites for hydroxylation is 1. The average Bonchev–Trinajstić information content (AvgIpc) is 2.93. The zero-order valence-corrected chi connectivity index (χ0v) is 15.6. The van der Waals surface area contributed by atoms with Gasteiger partial charge in [0.25, 0.3) is 0 Å². The molecule has 0 bridgehead atoms. The largest absolute Gasteiger partial charge is 0.294 e. The fraction of sp³-hybridized carbons (Fsp3) is 0.160. The van der Waals surface area contributed by atoms with E-state index in [-0.39, 0.29) is 30.2 Å². The molecular formula is C25H20O3. The van der Waals surface area contributed by atoms with Gasteiger partial charge in [0.1, 0.15) is 5.41 Å². The van der Waals surface area contributed by atoms with Crippen LogP contribution in [-0.4, -0.2) is 17.3 Å². The van der Waals surface area contributed by atoms with Gasteiger partial charge in [0.2, 0.25) is 0 Å². The van der Waals surface area contributed by atoms with Crippen LogP contribution in [0, 0.1) is 12.3 Å². The van der Waals surface area contributed by atoms with Gasteiger partial charge in [-0.3, -0.25) is 14.4 Å². The average molecular weight is 368 g/mol. The van der Waals surface area contributed by atoms with Crippen molar-refractivity contribution in [2.45, 2.75) is 19.8 Å². The van der Waals surface area contributed by atoms with Crippen molar-refractivity contribution in [2.24, 2.45) is 5.41 Å². The van der Waals surface area contributed by atoms with Crippen LogP contribution >= 0.6 is 0 Å². The second kappa shape index (κ2) is 7.01. The van der Waals surface area contributed by atoms with Crippen LogP contribution < -0.4 is 0 Å². The first-order valence-electron chi connectivity index (χ1n) is 9.34. The van der Waals surface area contributed by atoms with Crippen LogP contribution in [0.5, 0.6) is 0 Å². The van der Waals surface area contributed by atoms with E-state index in [0.717, 1.165) is 11.1 Å². The lowest BCUT2D eigenvalue weighted by Gasteiger charge is -2.25. The topological polar surface area (TPSA) is 51.2 Å². The van der Waals surface area contributed by atoms with E-state index in [1.165, 1.54) is 0 Å². The van der Waals surface area contributed by atoms with Gasteiger partial charge >= 0.3 is 0 Å². The summed E-state index contributed by atoms with van der Waals surface area (Å²) >= 11 is 0. The molecule has 0 radical (unpaired) electrons. The predicted molar refractivity (Wildman–Crippen MR) is 108 cm³/mol. The van der Waals surface area contributed by atoms with Gasteiger partial charge in [-0.05, 0) is 18.9 Å². The van der Waals surface area contributed by atoms with Crippen molar-refractivity contribution in [1.82, 2.24) is 0 Å². The second-order valence-electron chi connectivity index (χ2n) is 7.41. The van der Waals surface area contributed by atoms with Gasteiger partial charge in [-0.1, -0.05) is 84.4 Å². The van der Waals surface area contributed by atoms with Crippen LogP contribution in [0.3, 0.4) is 0 Å². The number of hydrogen-bond donors (Lipinski definition) is 0. The van der Waals surface area contributed by atoms with Crippen molar-refractivity contribution in [1.29, 1.82) is 0 Å². The molecule has 0 saturated carbocycles. The zero-order chi connectivity index (χ0) is 19.7. The van der Waals surface area contributed by atoms with Gasteiger partial charge in [0.05, 0.1) is 0 Å². The number of rotatable bonds is 5. The molecule has 0 aromatic heterocycles. The summed E-state index contributed by atoms with van der Waals surface area (Å²) in [6.07, 6.45) is 0.0927. The van der Waals surface area contributed by atoms with Crippen LogP contribution in [0.1, 0.15) is 48.6 Å². The third kappa shape index (κ3) is 2.99. The molecule has 3 aromatic carbocycles. The highest BCUT2D eigenvalue weighted by Gasteiger charge is 2.53. The first kappa shape index (κ1) is 18.1. The molecule has 0 amide bonds. The number of carbonyl (C=O) groups is 3. The molecule has 1 aliphatic carbocycles. The van der Waals surface area contributed by atoms with Gasteiger partial charge in [-0.2, -0.15) is 0 Å². The number of benzene rings is 3. The molecule has 0 fully saturated rings. The van der Waals surface area contributed by atoms with Gasteiger partial charge in [0, 0.05) is 23.1 Å². The molecule has 4 rings (SSSR count). The summed E-state index contributed by atoms with van der Waals surface area (Å²) in [5.74, 6) is -0.696. The molecule has 0 N–H and O–H groups in total. The van der Waals surface area contributed by atoms with E-state index in [2.05, 4.69) is 0 Å². The van der Waals surface area contributed by atoms with E-state index in [9.17, 15) is 14.4 Å². The number of ketones is 3. The fourth-order valence-corrected chi connectivity index (χ4v) is 3.94. The molecule has 0 aliphatic heterocycles. The summed E-state index contributed by atoms with van der Waals surface area (Å²) in [6.45, 7) is 1.99. The standard InChI is InChI=1S/C25H20O3/c1-17-11-13-18(14-12-17)15-25(16-22(26)19-7-3-2-4-8-19)23(27)20-9-5-6-10-21(20)24(25)28/h2-14H,15-16H2,1H3. The Morgan fingerprint density at radius 1 is 0.750 bits per heavy atom. The SMILES string of the molecule is Cc1ccc(CC2(CC(=O)c3ccccc3)C(=O)c3ccccc3C2=O)cc1. The summed E-state index contributed by atoms with van der Waals surface area (Å²) in [5.41, 5.74) is 1.95. The summed E-state index contributed by atoms with van der Waals surface area (Å²) in [4.78, 5) is 39.8. The first-order valence-corrected chi connectivity index (χ1v) is 9.34. The van der Waals surface area contributed by atoms with E-state index >= 15 is 0 Å². The quantitative estimate of drug-likeness (QED) is 0.477. The predicted octanol–water partition coefficient (Wildman–Crippen LogP) is 4.88. The Bertz CT molecular complexity index is 1030. The molecule has 0 spiro atoms. The molecule has 0 atom stereocenters. The molecular weight excluding hydrogens is 348 g/mol. The van der Waals surface area contributed by atoms with E-state index < -0.39 is 5.41 Å². The molecule has 0 saturated heterocycles. The summed E-state index contributed by atoms with van der Waals surface area (Å²) in [7, 11) is 0. The van der Waals surface area contributed by atoms with Gasteiger partial charge in [0.15, 0.2) is 17.3 Å². The molecule has 0 heterocycles. The van der Waals surface area contributed by atoms with Crippen LogP contribution in [-0.2, 0) is 6.42 Å². The van der Waals surface area contributed by atoms with Crippen molar-refractivity contribution in [3.63, 3.8) is 0 Å². The Kier molecular flexibility index (Phi) is 4.52. The second-order valence-corrected chi connectivity index (χ2v) is 7.41. The Labute approximate surface area is 164 Å². The minimum Gasteiger partial charge on any atom is -0.294 e. The van der Waals surface area contributed by atoms with Gasteiger partial charge in [-0.15, -0.1) is 0 Å². The van der Waals surface area contributed by atoms with Crippen molar-refractivity contribution in [2.75, 3.05) is 0 Å². The molecule has 3 nitrogen and oxygen atoms in total. The molecule has 3 aromatic rings. The first-order chi connectivity index (χ1) is 13.5. The highest BCUT2D eigenvalue weighted by atomic mass is 16.2. The number of fused-ring (bicyclic) bond motifs is 1. The van der Waals surface area contributed by atoms with Crippen molar-refractivity contribution in [3.8, 4) is 0 Å². The van der Waals surface area contributed by atoms with E-state index in [0.29, 0.717) is 16.7 Å². The minimum absolute atomic E-state index is 0.128. The third-order valence-electron chi connectivity index (χ3n) is 5.47. The van der Waals surface area contributed by atoms with Crippen LogP contribution in [0.15, 0.2) is 78.9 Å². The lowest BCUT2D eigenvalue weighted by Crippen LogP contribution is -2.38. The molecule has 138 valence electrons. The number of hydrogen-bond acceptors (Lipinski definition) is 3. The Morgan fingerprint density at radius 3 is 1.86 bits per heavy atom. The maximum atomic E-state index is 13.4. The van der Waals surface area contributed by atoms with Gasteiger partial charge in [-0.25, -0.2) is 0 Å². The number of carbonyl (C=O) groups excluding carboxylic acids is 3.